The molecule has 0 atom stereocenters. The number of aromatic nitrogens is 4. The summed E-state index contributed by atoms with van der Waals surface area (Å²) in [5, 5.41) is 4.58. The summed E-state index contributed by atoms with van der Waals surface area (Å²) in [7, 11) is 0. The smallest absolute Gasteiger partial charge is 0.166 e. The van der Waals surface area contributed by atoms with E-state index in [9.17, 15) is 0 Å². The number of rotatable bonds is 6. The van der Waals surface area contributed by atoms with Gasteiger partial charge in [-0.3, -0.25) is 0 Å². The molecule has 0 aliphatic carbocycles. The van der Waals surface area contributed by atoms with Gasteiger partial charge < -0.3 is 8.98 Å². The molecule has 0 aliphatic heterocycles. The predicted molar refractivity (Wildman–Crippen MR) is 229 cm³/mol. The highest BCUT2D eigenvalue weighted by molar-refractivity contribution is 6.15. The Morgan fingerprint density at radius 2 is 0.929 bits per heavy atom. The molecule has 0 N–H and O–H groups in total. The lowest BCUT2D eigenvalue weighted by molar-refractivity contribution is 0.669. The van der Waals surface area contributed by atoms with Gasteiger partial charge in [-0.1, -0.05) is 146 Å². The molecule has 11 aromatic rings. The summed E-state index contributed by atoms with van der Waals surface area (Å²) in [6.45, 7) is 0. The quantitative estimate of drug-likeness (QED) is 0.172. The molecule has 0 radical (unpaired) electrons. The molecule has 0 amide bonds. The van der Waals surface area contributed by atoms with Gasteiger partial charge in [0.15, 0.2) is 17.5 Å². The molecule has 5 nitrogen and oxygen atoms in total. The number of fused-ring (bicyclic) bond motifs is 6. The van der Waals surface area contributed by atoms with E-state index in [0.29, 0.717) is 17.5 Å². The monoisotopic (exact) mass is 716 g/mol. The van der Waals surface area contributed by atoms with Crippen molar-refractivity contribution < 1.29 is 4.42 Å². The van der Waals surface area contributed by atoms with Crippen molar-refractivity contribution in [2.45, 2.75) is 0 Å². The summed E-state index contributed by atoms with van der Waals surface area (Å²) in [6.07, 6.45) is 0. The molecule has 0 saturated carbocycles. The third kappa shape index (κ3) is 5.29. The van der Waals surface area contributed by atoms with Gasteiger partial charge in [0.2, 0.25) is 0 Å². The average Bonchev–Trinajstić information content (AvgIpc) is 3.82. The second kappa shape index (κ2) is 13.0. The maximum atomic E-state index is 6.27. The molecule has 0 spiro atoms. The van der Waals surface area contributed by atoms with Gasteiger partial charge in [-0.05, 0) is 70.8 Å². The van der Waals surface area contributed by atoms with Crippen molar-refractivity contribution in [1.82, 2.24) is 19.5 Å². The third-order valence-corrected chi connectivity index (χ3v) is 10.7. The van der Waals surface area contributed by atoms with Gasteiger partial charge in [0.25, 0.3) is 0 Å². The number of benzene rings is 8. The van der Waals surface area contributed by atoms with Gasteiger partial charge in [0, 0.05) is 38.2 Å². The first-order valence-corrected chi connectivity index (χ1v) is 18.8. The molecular weight excluding hydrogens is 685 g/mol. The first-order chi connectivity index (χ1) is 27.8. The first-order valence-electron chi connectivity index (χ1n) is 18.8. The molecule has 8 aromatic carbocycles. The average molecular weight is 717 g/mol. The normalized spacial score (nSPS) is 11.6. The molecule has 0 unspecified atom stereocenters. The Hall–Kier alpha value is -7.63. The lowest BCUT2D eigenvalue weighted by Crippen LogP contribution is -2.03. The van der Waals surface area contributed by atoms with Crippen LogP contribution in [-0.2, 0) is 0 Å². The number of hydrogen-bond acceptors (Lipinski definition) is 4. The highest BCUT2D eigenvalue weighted by Gasteiger charge is 2.20. The minimum Gasteiger partial charge on any atom is -0.456 e. The van der Waals surface area contributed by atoms with Crippen LogP contribution in [0.15, 0.2) is 199 Å². The van der Waals surface area contributed by atoms with E-state index >= 15 is 0 Å². The zero-order chi connectivity index (χ0) is 37.0. The molecule has 0 aliphatic rings. The maximum Gasteiger partial charge on any atom is 0.166 e. The second-order valence-corrected chi connectivity index (χ2v) is 14.0. The fraction of sp³-hybridized carbons (Fsp3) is 0. The second-order valence-electron chi connectivity index (χ2n) is 14.0. The Balaban J connectivity index is 1.11. The highest BCUT2D eigenvalue weighted by atomic mass is 16.3. The van der Waals surface area contributed by atoms with Crippen LogP contribution in [0.25, 0.3) is 106 Å². The van der Waals surface area contributed by atoms with E-state index in [0.717, 1.165) is 83.0 Å². The van der Waals surface area contributed by atoms with E-state index in [1.165, 1.54) is 5.39 Å². The van der Waals surface area contributed by atoms with Crippen LogP contribution < -0.4 is 0 Å². The van der Waals surface area contributed by atoms with E-state index in [1.807, 2.05) is 48.5 Å². The van der Waals surface area contributed by atoms with Crippen molar-refractivity contribution in [3.63, 3.8) is 0 Å². The van der Waals surface area contributed by atoms with Crippen molar-refractivity contribution in [3.8, 4) is 62.1 Å². The Morgan fingerprint density at radius 3 is 1.79 bits per heavy atom. The molecule has 0 saturated heterocycles. The lowest BCUT2D eigenvalue weighted by atomic mass is 9.98. The van der Waals surface area contributed by atoms with Gasteiger partial charge in [0.1, 0.15) is 11.2 Å². The number of para-hydroxylation sites is 3. The third-order valence-electron chi connectivity index (χ3n) is 10.7. The molecular formula is C51H32N4O. The topological polar surface area (TPSA) is 56.7 Å². The molecule has 5 heteroatoms. The van der Waals surface area contributed by atoms with Crippen molar-refractivity contribution in [1.29, 1.82) is 0 Å². The largest absolute Gasteiger partial charge is 0.456 e. The Morgan fingerprint density at radius 1 is 0.339 bits per heavy atom. The highest BCUT2D eigenvalue weighted by Crippen LogP contribution is 2.41. The summed E-state index contributed by atoms with van der Waals surface area (Å²) < 4.78 is 8.61. The van der Waals surface area contributed by atoms with Crippen LogP contribution in [0.1, 0.15) is 0 Å². The summed E-state index contributed by atoms with van der Waals surface area (Å²) in [5.41, 5.74) is 12.3. The van der Waals surface area contributed by atoms with Crippen molar-refractivity contribution in [2.75, 3.05) is 0 Å². The molecule has 3 aromatic heterocycles. The number of furan rings is 1. The number of nitrogens with zero attached hydrogens (tertiary/aromatic N) is 4. The van der Waals surface area contributed by atoms with E-state index < -0.39 is 0 Å². The summed E-state index contributed by atoms with van der Waals surface area (Å²) in [5.74, 6) is 1.85. The maximum absolute atomic E-state index is 6.27. The predicted octanol–water partition coefficient (Wildman–Crippen LogP) is 13.2. The lowest BCUT2D eigenvalue weighted by Gasteiger charge is -2.15. The molecule has 56 heavy (non-hydrogen) atoms. The van der Waals surface area contributed by atoms with Gasteiger partial charge in [0.05, 0.1) is 16.7 Å². The summed E-state index contributed by atoms with van der Waals surface area (Å²) in [4.78, 5) is 15.5. The van der Waals surface area contributed by atoms with Crippen LogP contribution in [0.4, 0.5) is 0 Å². The van der Waals surface area contributed by atoms with Crippen LogP contribution in [-0.4, -0.2) is 19.5 Å². The fourth-order valence-corrected chi connectivity index (χ4v) is 8.08. The fourth-order valence-electron chi connectivity index (χ4n) is 8.08. The van der Waals surface area contributed by atoms with Crippen LogP contribution >= 0.6 is 0 Å². The van der Waals surface area contributed by atoms with Crippen LogP contribution in [0.3, 0.4) is 0 Å². The van der Waals surface area contributed by atoms with Crippen LogP contribution in [0, 0.1) is 0 Å². The molecule has 3 heterocycles. The zero-order valence-electron chi connectivity index (χ0n) is 30.2. The summed E-state index contributed by atoms with van der Waals surface area (Å²) >= 11 is 0. The zero-order valence-corrected chi connectivity index (χ0v) is 30.2. The molecule has 262 valence electrons. The van der Waals surface area contributed by atoms with E-state index in [4.69, 9.17) is 19.4 Å². The SMILES string of the molecule is c1ccc(-c2cccc(-c3nc(-c4ccccc4)nc(-c4ccccc4-n4c5ccccc5c5cc(-c6cccc7oc8ccccc8c67)ccc54)n3)c2)cc1. The van der Waals surface area contributed by atoms with E-state index in [-0.39, 0.29) is 0 Å². The van der Waals surface area contributed by atoms with Gasteiger partial charge in [-0.15, -0.1) is 0 Å². The molecule has 0 bridgehead atoms. The molecule has 11 rings (SSSR count). The van der Waals surface area contributed by atoms with E-state index in [1.54, 1.807) is 0 Å². The standard InChI is InChI=1S/C51H32N4O/c1-3-15-33(16-4-1)35-19-13-20-37(31-35)50-52-49(34-17-5-2-6-18-34)53-51(54-50)40-22-8-11-26-44(40)55-43-25-10-7-21-39(43)42-32-36(29-30-45(42)55)38-24-14-28-47-48(38)41-23-9-12-27-46(41)56-47/h1-32H. The number of hydrogen-bond donors (Lipinski definition) is 0. The van der Waals surface area contributed by atoms with Crippen molar-refractivity contribution in [3.05, 3.63) is 194 Å². The Labute approximate surface area is 322 Å². The Bertz CT molecular complexity index is 3250. The van der Waals surface area contributed by atoms with Crippen molar-refractivity contribution in [2.24, 2.45) is 0 Å². The van der Waals surface area contributed by atoms with Crippen LogP contribution in [0.2, 0.25) is 0 Å². The van der Waals surface area contributed by atoms with E-state index in [2.05, 4.69) is 150 Å². The first kappa shape index (κ1) is 31.9. The summed E-state index contributed by atoms with van der Waals surface area (Å²) in [6, 6.07) is 67.4. The Kier molecular flexibility index (Phi) is 7.42. The van der Waals surface area contributed by atoms with Crippen molar-refractivity contribution >= 4 is 43.7 Å². The molecule has 0 fully saturated rings. The van der Waals surface area contributed by atoms with Crippen LogP contribution in [0.5, 0.6) is 0 Å². The minimum absolute atomic E-state index is 0.607. The van der Waals surface area contributed by atoms with Gasteiger partial charge in [-0.25, -0.2) is 15.0 Å². The minimum atomic E-state index is 0.607. The van der Waals surface area contributed by atoms with Gasteiger partial charge >= 0.3 is 0 Å². The van der Waals surface area contributed by atoms with Gasteiger partial charge in [-0.2, -0.15) is 0 Å².